The number of hydrogen-bond acceptors (Lipinski definition) is 4. The van der Waals surface area contributed by atoms with Crippen molar-refractivity contribution in [2.45, 2.75) is 12.8 Å². The molecule has 0 aliphatic rings. The monoisotopic (exact) mass is 654 g/mol. The number of rotatable bonds is 8. The van der Waals surface area contributed by atoms with E-state index in [0.29, 0.717) is 0 Å². The van der Waals surface area contributed by atoms with Crippen LogP contribution in [0.25, 0.3) is 21.5 Å². The minimum atomic E-state index is -0.220. The number of nitrogens with zero attached hydrogens (tertiary/aromatic N) is 2. The summed E-state index contributed by atoms with van der Waals surface area (Å²) >= 11 is 7.13. The number of fused-ring (bicyclic) bond motifs is 2. The molecule has 0 saturated carbocycles. The lowest BCUT2D eigenvalue weighted by atomic mass is 10.0. The quantitative estimate of drug-likeness (QED) is 0.141. The van der Waals surface area contributed by atoms with E-state index in [-0.39, 0.29) is 24.7 Å². The van der Waals surface area contributed by atoms with Gasteiger partial charge in [0.25, 0.3) is 0 Å². The molecule has 0 aliphatic heterocycles. The number of carbonyl (C=O) groups excluding carboxylic acids is 2. The molecule has 0 radical (unpaired) electrons. The van der Waals surface area contributed by atoms with Crippen LogP contribution in [0.15, 0.2) is 116 Å². The molecule has 5 aromatic rings. The van der Waals surface area contributed by atoms with E-state index in [1.807, 2.05) is 97.1 Å². The Morgan fingerprint density at radius 1 is 0.550 bits per heavy atom. The predicted octanol–water partition coefficient (Wildman–Crippen LogP) is 6.90. The summed E-state index contributed by atoms with van der Waals surface area (Å²) in [5, 5.41) is 12.4. The Balaban J connectivity index is 1.20. The van der Waals surface area contributed by atoms with Gasteiger partial charge >= 0.3 is 0 Å². The zero-order valence-corrected chi connectivity index (χ0v) is 24.4. The van der Waals surface area contributed by atoms with E-state index in [2.05, 4.69) is 52.9 Å². The number of nitrogens with one attached hydrogen (secondary N) is 2. The van der Waals surface area contributed by atoms with Crippen molar-refractivity contribution >= 4 is 77.6 Å². The number of carbonyl (C=O) groups is 2. The van der Waals surface area contributed by atoms with E-state index in [9.17, 15) is 9.59 Å². The molecule has 2 N–H and O–H groups in total. The number of amides is 2. The van der Waals surface area contributed by atoms with Crippen molar-refractivity contribution in [1.82, 2.24) is 10.9 Å². The SMILES string of the molecule is O=C(Cc1ccc(Br)c2ccccc12)N/N=C/c1ccccc1/C=N/NC(=O)Cc1ccc(Br)c2ccccc12. The van der Waals surface area contributed by atoms with Crippen LogP contribution >= 0.6 is 31.9 Å². The largest absolute Gasteiger partial charge is 0.273 e. The lowest BCUT2D eigenvalue weighted by Crippen LogP contribution is -2.20. The molecule has 0 spiro atoms. The van der Waals surface area contributed by atoms with E-state index >= 15 is 0 Å². The van der Waals surface area contributed by atoms with Crippen LogP contribution < -0.4 is 10.9 Å². The summed E-state index contributed by atoms with van der Waals surface area (Å²) in [6.07, 6.45) is 3.53. The van der Waals surface area contributed by atoms with Crippen molar-refractivity contribution in [3.8, 4) is 0 Å². The maximum Gasteiger partial charge on any atom is 0.244 e. The zero-order valence-electron chi connectivity index (χ0n) is 21.3. The second-order valence-corrected chi connectivity index (χ2v) is 10.8. The van der Waals surface area contributed by atoms with Gasteiger partial charge in [0.05, 0.1) is 25.3 Å². The fourth-order valence-electron chi connectivity index (χ4n) is 4.48. The summed E-state index contributed by atoms with van der Waals surface area (Å²) in [6.45, 7) is 0. The van der Waals surface area contributed by atoms with Crippen LogP contribution in [0.4, 0.5) is 0 Å². The summed E-state index contributed by atoms with van der Waals surface area (Å²) in [4.78, 5) is 25.2. The highest BCUT2D eigenvalue weighted by atomic mass is 79.9. The molecule has 5 aromatic carbocycles. The Labute approximate surface area is 248 Å². The number of hydrogen-bond donors (Lipinski definition) is 2. The maximum absolute atomic E-state index is 12.6. The van der Waals surface area contributed by atoms with Crippen LogP contribution in [-0.2, 0) is 22.4 Å². The molecule has 0 bridgehead atoms. The average molecular weight is 656 g/mol. The van der Waals surface area contributed by atoms with Crippen LogP contribution in [0.1, 0.15) is 22.3 Å². The molecule has 0 aromatic heterocycles. The smallest absolute Gasteiger partial charge is 0.244 e. The topological polar surface area (TPSA) is 82.9 Å². The second kappa shape index (κ2) is 12.8. The van der Waals surface area contributed by atoms with Crippen molar-refractivity contribution in [3.63, 3.8) is 0 Å². The highest BCUT2D eigenvalue weighted by Crippen LogP contribution is 2.28. The Morgan fingerprint density at radius 2 is 0.925 bits per heavy atom. The minimum Gasteiger partial charge on any atom is -0.273 e. The van der Waals surface area contributed by atoms with E-state index in [1.165, 1.54) is 0 Å². The summed E-state index contributed by atoms with van der Waals surface area (Å²) in [5.74, 6) is -0.440. The third-order valence-electron chi connectivity index (χ3n) is 6.41. The van der Waals surface area contributed by atoms with Gasteiger partial charge in [0.1, 0.15) is 0 Å². The van der Waals surface area contributed by atoms with Crippen molar-refractivity contribution in [2.24, 2.45) is 10.2 Å². The fraction of sp³-hybridized carbons (Fsp3) is 0.0625. The van der Waals surface area contributed by atoms with Crippen LogP contribution in [0.2, 0.25) is 0 Å². The molecule has 0 unspecified atom stereocenters. The Kier molecular flexibility index (Phi) is 8.78. The highest BCUT2D eigenvalue weighted by Gasteiger charge is 2.10. The Bertz CT molecular complexity index is 1650. The third-order valence-corrected chi connectivity index (χ3v) is 7.79. The summed E-state index contributed by atoms with van der Waals surface area (Å²) in [7, 11) is 0. The van der Waals surface area contributed by atoms with Crippen LogP contribution in [0.3, 0.4) is 0 Å². The van der Waals surface area contributed by atoms with Gasteiger partial charge in [-0.1, -0.05) is 117 Å². The molecule has 6 nitrogen and oxygen atoms in total. The predicted molar refractivity (Wildman–Crippen MR) is 169 cm³/mol. The highest BCUT2D eigenvalue weighted by molar-refractivity contribution is 9.11. The molecular weight excluding hydrogens is 632 g/mol. The first-order valence-electron chi connectivity index (χ1n) is 12.5. The molecule has 5 rings (SSSR count). The summed E-state index contributed by atoms with van der Waals surface area (Å²) in [6, 6.07) is 31.1. The van der Waals surface area contributed by atoms with Gasteiger partial charge in [-0.3, -0.25) is 9.59 Å². The lowest BCUT2D eigenvalue weighted by molar-refractivity contribution is -0.121. The maximum atomic E-state index is 12.6. The van der Waals surface area contributed by atoms with Crippen LogP contribution in [-0.4, -0.2) is 24.2 Å². The molecule has 8 heteroatoms. The molecular formula is C32H24Br2N4O2. The van der Waals surface area contributed by atoms with Gasteiger partial charge in [-0.25, -0.2) is 10.9 Å². The van der Waals surface area contributed by atoms with Gasteiger partial charge in [-0.2, -0.15) is 10.2 Å². The number of halogens is 2. The molecule has 0 fully saturated rings. The first-order chi connectivity index (χ1) is 19.5. The Hall–Kier alpha value is -4.14. The van der Waals surface area contributed by atoms with E-state index in [0.717, 1.165) is 52.7 Å². The zero-order chi connectivity index (χ0) is 27.9. The van der Waals surface area contributed by atoms with Gasteiger partial charge in [-0.05, 0) is 44.8 Å². The molecule has 40 heavy (non-hydrogen) atoms. The van der Waals surface area contributed by atoms with Gasteiger partial charge in [-0.15, -0.1) is 0 Å². The van der Waals surface area contributed by atoms with E-state index in [1.54, 1.807) is 12.4 Å². The molecule has 0 heterocycles. The summed E-state index contributed by atoms with van der Waals surface area (Å²) < 4.78 is 1.98. The van der Waals surface area contributed by atoms with Gasteiger partial charge in [0.15, 0.2) is 0 Å². The van der Waals surface area contributed by atoms with Crippen LogP contribution in [0, 0.1) is 0 Å². The third kappa shape index (κ3) is 6.52. The lowest BCUT2D eigenvalue weighted by Gasteiger charge is -2.08. The van der Waals surface area contributed by atoms with Crippen LogP contribution in [0.5, 0.6) is 0 Å². The first-order valence-corrected chi connectivity index (χ1v) is 14.1. The molecule has 0 saturated heterocycles. The summed E-state index contributed by atoms with van der Waals surface area (Å²) in [5.41, 5.74) is 8.55. The molecule has 0 atom stereocenters. The molecule has 2 amide bonds. The van der Waals surface area contributed by atoms with Crippen molar-refractivity contribution in [3.05, 3.63) is 128 Å². The van der Waals surface area contributed by atoms with Crippen molar-refractivity contribution < 1.29 is 9.59 Å². The molecule has 198 valence electrons. The molecule has 0 aliphatic carbocycles. The number of benzene rings is 5. The second-order valence-electron chi connectivity index (χ2n) is 9.07. The van der Waals surface area contributed by atoms with Crippen molar-refractivity contribution in [2.75, 3.05) is 0 Å². The van der Waals surface area contributed by atoms with E-state index < -0.39 is 0 Å². The van der Waals surface area contributed by atoms with E-state index in [4.69, 9.17) is 0 Å². The minimum absolute atomic E-state index is 0.202. The Morgan fingerprint density at radius 3 is 1.35 bits per heavy atom. The van der Waals surface area contributed by atoms with Gasteiger partial charge in [0, 0.05) is 20.1 Å². The number of hydrazone groups is 2. The first kappa shape index (κ1) is 27.4. The fourth-order valence-corrected chi connectivity index (χ4v) is 5.43. The van der Waals surface area contributed by atoms with Crippen molar-refractivity contribution in [1.29, 1.82) is 0 Å². The average Bonchev–Trinajstić information content (AvgIpc) is 2.97. The van der Waals surface area contributed by atoms with Gasteiger partial charge < -0.3 is 0 Å². The normalized spacial score (nSPS) is 11.4. The van der Waals surface area contributed by atoms with Gasteiger partial charge in [0.2, 0.25) is 11.8 Å². The standard InChI is InChI=1S/C32H24Br2N4O2/c33-29-15-13-21(25-9-3-5-11-27(25)29)17-31(39)37-35-19-23-7-1-2-8-24(23)20-36-38-32(40)18-22-14-16-30(34)28-12-6-4-10-26(22)28/h1-16,19-20H,17-18H2,(H,37,39)(H,38,40)/b35-19+,36-20+.